The Bertz CT molecular complexity index is 778. The van der Waals surface area contributed by atoms with Crippen molar-refractivity contribution in [1.29, 1.82) is 0 Å². The lowest BCUT2D eigenvalue weighted by molar-refractivity contribution is -0.137. The largest absolute Gasteiger partial charge is 0.416 e. The molecule has 0 aliphatic rings. The summed E-state index contributed by atoms with van der Waals surface area (Å²) < 4.78 is 38.5. The van der Waals surface area contributed by atoms with Crippen LogP contribution in [0.3, 0.4) is 0 Å². The summed E-state index contributed by atoms with van der Waals surface area (Å²) in [5.41, 5.74) is 0.0537. The van der Waals surface area contributed by atoms with Gasteiger partial charge >= 0.3 is 6.18 Å². The summed E-state index contributed by atoms with van der Waals surface area (Å²) in [5.74, 6) is 0.0498. The van der Waals surface area contributed by atoms with Gasteiger partial charge in [0.2, 0.25) is 0 Å². The number of amides is 1. The Balaban J connectivity index is 2.21. The number of hydrogen-bond donors (Lipinski definition) is 1. The molecule has 0 saturated carbocycles. The zero-order chi connectivity index (χ0) is 18.8. The zero-order valence-corrected chi connectivity index (χ0v) is 14.6. The van der Waals surface area contributed by atoms with Gasteiger partial charge in [0.1, 0.15) is 5.82 Å². The number of anilines is 1. The van der Waals surface area contributed by atoms with E-state index in [2.05, 4.69) is 10.3 Å². The van der Waals surface area contributed by atoms with Crippen molar-refractivity contribution in [3.05, 3.63) is 58.2 Å². The van der Waals surface area contributed by atoms with E-state index in [1.54, 1.807) is 27.1 Å². The molecule has 0 aliphatic carbocycles. The van der Waals surface area contributed by atoms with E-state index in [1.807, 2.05) is 0 Å². The first-order valence-corrected chi connectivity index (χ1v) is 7.78. The first kappa shape index (κ1) is 19.1. The Hall–Kier alpha value is -2.28. The van der Waals surface area contributed by atoms with Crippen molar-refractivity contribution in [2.24, 2.45) is 0 Å². The molecule has 1 unspecified atom stereocenters. The maximum atomic E-state index is 12.8. The number of carbonyl (C=O) groups is 1. The highest BCUT2D eigenvalue weighted by Gasteiger charge is 2.30. The Morgan fingerprint density at radius 2 is 1.96 bits per heavy atom. The highest BCUT2D eigenvalue weighted by Crippen LogP contribution is 2.32. The second-order valence-corrected chi connectivity index (χ2v) is 6.15. The molecule has 1 atom stereocenters. The summed E-state index contributed by atoms with van der Waals surface area (Å²) in [6.07, 6.45) is -3.03. The molecule has 0 spiro atoms. The molecule has 0 bridgehead atoms. The first-order chi connectivity index (χ1) is 11.6. The number of aromatic nitrogens is 1. The summed E-state index contributed by atoms with van der Waals surface area (Å²) >= 11 is 6.14. The van der Waals surface area contributed by atoms with Gasteiger partial charge in [-0.3, -0.25) is 4.79 Å². The number of rotatable bonds is 4. The lowest BCUT2D eigenvalue weighted by atomic mass is 10.0. The van der Waals surface area contributed by atoms with E-state index in [9.17, 15) is 18.0 Å². The van der Waals surface area contributed by atoms with Gasteiger partial charge in [0, 0.05) is 20.3 Å². The number of halogens is 4. The molecule has 2 aromatic rings. The number of alkyl halides is 3. The van der Waals surface area contributed by atoms with Crippen molar-refractivity contribution >= 4 is 23.3 Å². The Morgan fingerprint density at radius 1 is 1.28 bits per heavy atom. The number of pyridine rings is 1. The molecule has 1 aromatic heterocycles. The lowest BCUT2D eigenvalue weighted by Gasteiger charge is -2.18. The molecule has 1 aromatic carbocycles. The Morgan fingerprint density at radius 3 is 2.52 bits per heavy atom. The van der Waals surface area contributed by atoms with Crippen LogP contribution in [0.5, 0.6) is 0 Å². The van der Waals surface area contributed by atoms with E-state index < -0.39 is 17.8 Å². The third-order valence-electron chi connectivity index (χ3n) is 3.56. The van der Waals surface area contributed by atoms with Gasteiger partial charge in [-0.05, 0) is 30.7 Å². The second kappa shape index (κ2) is 7.31. The van der Waals surface area contributed by atoms with Crippen molar-refractivity contribution < 1.29 is 18.0 Å². The topological polar surface area (TPSA) is 45.2 Å². The molecule has 0 saturated heterocycles. The smallest absolute Gasteiger partial charge is 0.362 e. The van der Waals surface area contributed by atoms with E-state index in [4.69, 9.17) is 11.6 Å². The highest BCUT2D eigenvalue weighted by molar-refractivity contribution is 6.33. The van der Waals surface area contributed by atoms with Crippen LogP contribution in [-0.2, 0) is 6.18 Å². The van der Waals surface area contributed by atoms with Crippen molar-refractivity contribution in [3.8, 4) is 0 Å². The fraction of sp³-hybridized carbons (Fsp3) is 0.294. The van der Waals surface area contributed by atoms with Crippen molar-refractivity contribution in [1.82, 2.24) is 9.88 Å². The van der Waals surface area contributed by atoms with Crippen LogP contribution < -0.4 is 5.32 Å². The van der Waals surface area contributed by atoms with Gasteiger partial charge in [-0.1, -0.05) is 23.7 Å². The van der Waals surface area contributed by atoms with Gasteiger partial charge in [0.25, 0.3) is 5.91 Å². The van der Waals surface area contributed by atoms with Crippen LogP contribution in [0.1, 0.15) is 34.5 Å². The van der Waals surface area contributed by atoms with Crippen molar-refractivity contribution in [3.63, 3.8) is 0 Å². The summed E-state index contributed by atoms with van der Waals surface area (Å²) in [4.78, 5) is 17.4. The average Bonchev–Trinajstić information content (AvgIpc) is 2.55. The molecule has 4 nitrogen and oxygen atoms in total. The quantitative estimate of drug-likeness (QED) is 0.852. The summed E-state index contributed by atoms with van der Waals surface area (Å²) in [5, 5.41) is 3.18. The highest BCUT2D eigenvalue weighted by atomic mass is 35.5. The number of carbonyl (C=O) groups excluding carboxylic acids is 1. The van der Waals surface area contributed by atoms with Crippen LogP contribution in [0.4, 0.5) is 19.0 Å². The zero-order valence-electron chi connectivity index (χ0n) is 13.9. The molecule has 1 heterocycles. The molecule has 0 radical (unpaired) electrons. The molecule has 1 amide bonds. The van der Waals surface area contributed by atoms with Crippen molar-refractivity contribution in [2.75, 3.05) is 19.4 Å². The van der Waals surface area contributed by atoms with Crippen LogP contribution in [0.25, 0.3) is 0 Å². The van der Waals surface area contributed by atoms with Gasteiger partial charge in [-0.15, -0.1) is 0 Å². The number of benzene rings is 1. The third kappa shape index (κ3) is 4.63. The molecule has 8 heteroatoms. The lowest BCUT2D eigenvalue weighted by Crippen LogP contribution is -2.22. The van der Waals surface area contributed by atoms with Gasteiger partial charge in [0.05, 0.1) is 22.2 Å². The maximum absolute atomic E-state index is 12.8. The number of hydrogen-bond acceptors (Lipinski definition) is 3. The molecule has 2 rings (SSSR count). The second-order valence-electron chi connectivity index (χ2n) is 5.74. The minimum absolute atomic E-state index is 0.214. The van der Waals surface area contributed by atoms with Crippen LogP contribution in [0.15, 0.2) is 36.5 Å². The van der Waals surface area contributed by atoms with Gasteiger partial charge in [0.15, 0.2) is 0 Å². The fourth-order valence-electron chi connectivity index (χ4n) is 2.19. The fourth-order valence-corrected chi connectivity index (χ4v) is 2.41. The minimum atomic E-state index is -4.40. The summed E-state index contributed by atoms with van der Waals surface area (Å²) in [7, 11) is 3.22. The Labute approximate surface area is 148 Å². The van der Waals surface area contributed by atoms with Crippen LogP contribution in [-0.4, -0.2) is 29.9 Å². The average molecular weight is 372 g/mol. The summed E-state index contributed by atoms with van der Waals surface area (Å²) in [6.45, 7) is 1.70. The molecule has 0 aliphatic heterocycles. The predicted molar refractivity (Wildman–Crippen MR) is 90.7 cm³/mol. The number of nitrogens with one attached hydrogen (secondary N) is 1. The molecule has 25 heavy (non-hydrogen) atoms. The Kier molecular flexibility index (Phi) is 5.57. The van der Waals surface area contributed by atoms with E-state index in [0.29, 0.717) is 16.9 Å². The van der Waals surface area contributed by atoms with Gasteiger partial charge in [-0.2, -0.15) is 13.2 Å². The molecule has 0 fully saturated rings. The van der Waals surface area contributed by atoms with E-state index in [-0.39, 0.29) is 10.9 Å². The third-order valence-corrected chi connectivity index (χ3v) is 3.85. The van der Waals surface area contributed by atoms with Crippen LogP contribution in [0.2, 0.25) is 5.02 Å². The summed E-state index contributed by atoms with van der Waals surface area (Å²) in [6, 6.07) is 6.05. The standard InChI is InChI=1S/C17H17ClF3N3O/c1-10(11-5-4-6-13(7-11)17(19,20)21)23-15-14(18)8-12(9-22-15)16(25)24(2)3/h4-10H,1-3H3,(H,22,23). The molecular weight excluding hydrogens is 355 g/mol. The first-order valence-electron chi connectivity index (χ1n) is 7.40. The van der Waals surface area contributed by atoms with Gasteiger partial charge < -0.3 is 10.2 Å². The minimum Gasteiger partial charge on any atom is -0.362 e. The molecule has 1 N–H and O–H groups in total. The van der Waals surface area contributed by atoms with E-state index in [1.165, 1.54) is 23.2 Å². The maximum Gasteiger partial charge on any atom is 0.416 e. The molecular formula is C17H17ClF3N3O. The van der Waals surface area contributed by atoms with Crippen LogP contribution >= 0.6 is 11.6 Å². The predicted octanol–water partition coefficient (Wildman–Crippen LogP) is 4.63. The van der Waals surface area contributed by atoms with Gasteiger partial charge in [-0.25, -0.2) is 4.98 Å². The normalized spacial score (nSPS) is 12.6. The van der Waals surface area contributed by atoms with E-state index in [0.717, 1.165) is 12.1 Å². The monoisotopic (exact) mass is 371 g/mol. The molecule has 134 valence electrons. The SMILES string of the molecule is CC(Nc1ncc(C(=O)N(C)C)cc1Cl)c1cccc(C(F)(F)F)c1. The van der Waals surface area contributed by atoms with Crippen molar-refractivity contribution in [2.45, 2.75) is 19.1 Å². The van der Waals surface area contributed by atoms with E-state index >= 15 is 0 Å². The number of nitrogens with zero attached hydrogens (tertiary/aromatic N) is 2. The van der Waals surface area contributed by atoms with Crippen LogP contribution in [0, 0.1) is 0 Å².